The number of aromatic nitrogens is 3. The van der Waals surface area contributed by atoms with Gasteiger partial charge in [-0.25, -0.2) is 4.98 Å². The maximum absolute atomic E-state index is 12.9. The van der Waals surface area contributed by atoms with Gasteiger partial charge in [-0.2, -0.15) is 4.98 Å². The maximum Gasteiger partial charge on any atom is 0.252 e. The Bertz CT molecular complexity index is 1180. The lowest BCUT2D eigenvalue weighted by molar-refractivity contribution is 0.122. The summed E-state index contributed by atoms with van der Waals surface area (Å²) >= 11 is 6.58. The molecule has 1 saturated heterocycles. The highest BCUT2D eigenvalue weighted by Gasteiger charge is 2.21. The molecule has 3 aromatic rings. The predicted octanol–water partition coefficient (Wildman–Crippen LogP) is 4.84. The SMILES string of the molecule is Cc1cc(=O)n(C2CCCCC2)c2nc(Nc3ccc(N4CCOCC4)c(Cl)c3)ncc12. The molecule has 3 heterocycles. The van der Waals surface area contributed by atoms with E-state index in [1.807, 2.05) is 35.9 Å². The van der Waals surface area contributed by atoms with Crippen molar-refractivity contribution in [3.05, 3.63) is 51.4 Å². The fraction of sp³-hybridized carbons (Fsp3) is 0.458. The molecule has 2 aromatic heterocycles. The van der Waals surface area contributed by atoms with Crippen molar-refractivity contribution in [1.82, 2.24) is 14.5 Å². The zero-order chi connectivity index (χ0) is 22.1. The minimum atomic E-state index is 0.0180. The smallest absolute Gasteiger partial charge is 0.252 e. The summed E-state index contributed by atoms with van der Waals surface area (Å²) < 4.78 is 7.31. The van der Waals surface area contributed by atoms with Crippen LogP contribution in [0.15, 0.2) is 35.3 Å². The fourth-order valence-corrected chi connectivity index (χ4v) is 5.10. The Hall–Kier alpha value is -2.64. The molecule has 32 heavy (non-hydrogen) atoms. The van der Waals surface area contributed by atoms with Crippen LogP contribution < -0.4 is 15.8 Å². The molecule has 0 spiro atoms. The van der Waals surface area contributed by atoms with E-state index in [2.05, 4.69) is 15.2 Å². The summed E-state index contributed by atoms with van der Waals surface area (Å²) in [7, 11) is 0. The van der Waals surface area contributed by atoms with Crippen molar-refractivity contribution < 1.29 is 4.74 Å². The van der Waals surface area contributed by atoms with Gasteiger partial charge in [-0.05, 0) is 43.5 Å². The number of hydrogen-bond donors (Lipinski definition) is 1. The van der Waals surface area contributed by atoms with Gasteiger partial charge < -0.3 is 15.0 Å². The molecule has 8 heteroatoms. The largest absolute Gasteiger partial charge is 0.378 e. The number of pyridine rings is 1. The van der Waals surface area contributed by atoms with Crippen molar-refractivity contribution in [3.63, 3.8) is 0 Å². The molecule has 1 aliphatic carbocycles. The average molecular weight is 454 g/mol. The third-order valence-electron chi connectivity index (χ3n) is 6.49. The summed E-state index contributed by atoms with van der Waals surface area (Å²) in [6.07, 6.45) is 7.38. The van der Waals surface area contributed by atoms with Crippen molar-refractivity contribution in [2.75, 3.05) is 36.5 Å². The zero-order valence-corrected chi connectivity index (χ0v) is 19.1. The number of nitrogens with one attached hydrogen (secondary N) is 1. The summed E-state index contributed by atoms with van der Waals surface area (Å²) in [6, 6.07) is 7.79. The molecule has 1 saturated carbocycles. The first-order chi connectivity index (χ1) is 15.6. The first kappa shape index (κ1) is 21.2. The number of morpholine rings is 1. The van der Waals surface area contributed by atoms with E-state index in [9.17, 15) is 4.79 Å². The summed E-state index contributed by atoms with van der Waals surface area (Å²) in [5, 5.41) is 4.86. The third kappa shape index (κ3) is 4.19. The standard InChI is InChI=1S/C24H28ClN5O2/c1-16-13-22(31)30(18-5-3-2-4-6-18)23-19(16)15-26-24(28-23)27-17-7-8-21(20(25)14-17)29-9-11-32-12-10-29/h7-8,13-15,18H,2-6,9-12H2,1H3,(H,26,27,28). The van der Waals surface area contributed by atoms with E-state index < -0.39 is 0 Å². The van der Waals surface area contributed by atoms with E-state index in [1.165, 1.54) is 6.42 Å². The highest BCUT2D eigenvalue weighted by atomic mass is 35.5. The number of nitrogens with zero attached hydrogens (tertiary/aromatic N) is 4. The first-order valence-corrected chi connectivity index (χ1v) is 11.8. The van der Waals surface area contributed by atoms with E-state index in [1.54, 1.807) is 6.07 Å². The number of ether oxygens (including phenoxy) is 1. The monoisotopic (exact) mass is 453 g/mol. The second-order valence-corrected chi connectivity index (χ2v) is 9.06. The molecule has 0 amide bonds. The maximum atomic E-state index is 12.9. The lowest BCUT2D eigenvalue weighted by Crippen LogP contribution is -2.36. The van der Waals surface area contributed by atoms with Gasteiger partial charge in [-0.3, -0.25) is 9.36 Å². The predicted molar refractivity (Wildman–Crippen MR) is 128 cm³/mol. The van der Waals surface area contributed by atoms with Gasteiger partial charge in [0.25, 0.3) is 5.56 Å². The molecule has 2 fully saturated rings. The van der Waals surface area contributed by atoms with Gasteiger partial charge >= 0.3 is 0 Å². The topological polar surface area (TPSA) is 72.3 Å². The van der Waals surface area contributed by atoms with Gasteiger partial charge in [0.05, 0.1) is 23.9 Å². The first-order valence-electron chi connectivity index (χ1n) is 11.4. The molecule has 0 bridgehead atoms. The number of benzene rings is 1. The van der Waals surface area contributed by atoms with Crippen molar-refractivity contribution >= 4 is 40.0 Å². The van der Waals surface area contributed by atoms with Crippen LogP contribution in [-0.2, 0) is 4.74 Å². The quantitative estimate of drug-likeness (QED) is 0.609. The van der Waals surface area contributed by atoms with Crippen molar-refractivity contribution in [2.24, 2.45) is 0 Å². The Morgan fingerprint density at radius 1 is 1.12 bits per heavy atom. The molecule has 0 unspecified atom stereocenters. The highest BCUT2D eigenvalue weighted by molar-refractivity contribution is 6.33. The molecule has 5 rings (SSSR count). The summed E-state index contributed by atoms with van der Waals surface area (Å²) in [6.45, 7) is 5.03. The van der Waals surface area contributed by atoms with E-state index >= 15 is 0 Å². The fourth-order valence-electron chi connectivity index (χ4n) is 4.80. The Labute approximate surface area is 192 Å². The normalized spacial score (nSPS) is 17.6. The van der Waals surface area contributed by atoms with E-state index in [-0.39, 0.29) is 11.6 Å². The van der Waals surface area contributed by atoms with E-state index in [0.717, 1.165) is 61.1 Å². The Kier molecular flexibility index (Phi) is 6.02. The van der Waals surface area contributed by atoms with Gasteiger partial charge in [-0.15, -0.1) is 0 Å². The van der Waals surface area contributed by atoms with Crippen LogP contribution in [0.5, 0.6) is 0 Å². The minimum absolute atomic E-state index is 0.0180. The number of hydrogen-bond acceptors (Lipinski definition) is 6. The second kappa shape index (κ2) is 9.08. The number of rotatable bonds is 4. The number of halogens is 1. The molecule has 7 nitrogen and oxygen atoms in total. The number of aryl methyl sites for hydroxylation is 1. The summed E-state index contributed by atoms with van der Waals surface area (Å²) in [5.41, 5.74) is 3.44. The molecule has 168 valence electrons. The lowest BCUT2D eigenvalue weighted by Gasteiger charge is -2.29. The van der Waals surface area contributed by atoms with Gasteiger partial charge in [0.15, 0.2) is 0 Å². The van der Waals surface area contributed by atoms with Crippen LogP contribution in [0, 0.1) is 6.92 Å². The minimum Gasteiger partial charge on any atom is -0.378 e. The Morgan fingerprint density at radius 2 is 1.91 bits per heavy atom. The molecule has 0 radical (unpaired) electrons. The van der Waals surface area contributed by atoms with Crippen LogP contribution in [0.2, 0.25) is 5.02 Å². The molecular formula is C24H28ClN5O2. The van der Waals surface area contributed by atoms with Gasteiger partial charge in [0.1, 0.15) is 5.65 Å². The van der Waals surface area contributed by atoms with Crippen molar-refractivity contribution in [3.8, 4) is 0 Å². The van der Waals surface area contributed by atoms with Crippen LogP contribution in [0.25, 0.3) is 11.0 Å². The van der Waals surface area contributed by atoms with E-state index in [4.69, 9.17) is 21.3 Å². The van der Waals surface area contributed by atoms with E-state index in [0.29, 0.717) is 29.8 Å². The second-order valence-electron chi connectivity index (χ2n) is 8.65. The summed E-state index contributed by atoms with van der Waals surface area (Å²) in [4.78, 5) is 24.4. The Morgan fingerprint density at radius 3 is 2.66 bits per heavy atom. The third-order valence-corrected chi connectivity index (χ3v) is 6.80. The molecule has 1 N–H and O–H groups in total. The van der Waals surface area contributed by atoms with Crippen LogP contribution in [0.4, 0.5) is 17.3 Å². The summed E-state index contributed by atoms with van der Waals surface area (Å²) in [5.74, 6) is 0.460. The number of fused-ring (bicyclic) bond motifs is 1. The zero-order valence-electron chi connectivity index (χ0n) is 18.3. The van der Waals surface area contributed by atoms with Crippen LogP contribution in [0.3, 0.4) is 0 Å². The molecule has 0 atom stereocenters. The number of anilines is 3. The van der Waals surface area contributed by atoms with Gasteiger partial charge in [0.2, 0.25) is 5.95 Å². The molecule has 1 aliphatic heterocycles. The average Bonchev–Trinajstić information content (AvgIpc) is 2.80. The lowest BCUT2D eigenvalue weighted by atomic mass is 9.95. The molecule has 2 aliphatic rings. The van der Waals surface area contributed by atoms with Crippen LogP contribution in [-0.4, -0.2) is 40.8 Å². The van der Waals surface area contributed by atoms with Crippen LogP contribution >= 0.6 is 11.6 Å². The molecular weight excluding hydrogens is 426 g/mol. The van der Waals surface area contributed by atoms with Crippen molar-refractivity contribution in [2.45, 2.75) is 45.1 Å². The van der Waals surface area contributed by atoms with Gasteiger partial charge in [-0.1, -0.05) is 30.9 Å². The van der Waals surface area contributed by atoms with Crippen molar-refractivity contribution in [1.29, 1.82) is 0 Å². The van der Waals surface area contributed by atoms with Gasteiger partial charge in [0, 0.05) is 42.5 Å². The van der Waals surface area contributed by atoms with Crippen LogP contribution in [0.1, 0.15) is 43.7 Å². The highest BCUT2D eigenvalue weighted by Crippen LogP contribution is 2.32. The molecule has 1 aromatic carbocycles. The Balaban J connectivity index is 1.47.